The van der Waals surface area contributed by atoms with E-state index < -0.39 is 0 Å². The normalized spacial score (nSPS) is 16.6. The van der Waals surface area contributed by atoms with Crippen LogP contribution in [0.3, 0.4) is 0 Å². The van der Waals surface area contributed by atoms with Gasteiger partial charge in [0, 0.05) is 32.7 Å². The molecular weight excluding hydrogens is 280 g/mol. The highest BCUT2D eigenvalue weighted by molar-refractivity contribution is 7.07. The monoisotopic (exact) mass is 302 g/mol. The number of thiophene rings is 1. The van der Waals surface area contributed by atoms with E-state index >= 15 is 0 Å². The van der Waals surface area contributed by atoms with Crippen molar-refractivity contribution < 1.29 is 5.11 Å². The van der Waals surface area contributed by atoms with Gasteiger partial charge in [-0.1, -0.05) is 24.3 Å². The van der Waals surface area contributed by atoms with E-state index in [4.69, 9.17) is 0 Å². The Bertz CT molecular complexity index is 556. The van der Waals surface area contributed by atoms with E-state index in [1.807, 2.05) is 0 Å². The summed E-state index contributed by atoms with van der Waals surface area (Å²) in [4.78, 5) is 2.35. The highest BCUT2D eigenvalue weighted by Crippen LogP contribution is 2.18. The zero-order valence-corrected chi connectivity index (χ0v) is 13.0. The van der Waals surface area contributed by atoms with Crippen LogP contribution in [-0.2, 0) is 19.5 Å². The molecule has 2 N–H and O–H groups in total. The molecule has 1 aromatic heterocycles. The molecule has 0 saturated heterocycles. The largest absolute Gasteiger partial charge is 0.390 e. The first-order valence-electron chi connectivity index (χ1n) is 7.50. The number of benzene rings is 1. The van der Waals surface area contributed by atoms with Gasteiger partial charge in [0.15, 0.2) is 0 Å². The Hall–Kier alpha value is -1.20. The van der Waals surface area contributed by atoms with Gasteiger partial charge in [-0.15, -0.1) is 0 Å². The van der Waals surface area contributed by atoms with E-state index in [9.17, 15) is 5.11 Å². The van der Waals surface area contributed by atoms with Crippen molar-refractivity contribution in [2.24, 2.45) is 0 Å². The first-order chi connectivity index (χ1) is 10.3. The van der Waals surface area contributed by atoms with Crippen LogP contribution in [0.25, 0.3) is 0 Å². The first kappa shape index (κ1) is 14.7. The maximum absolute atomic E-state index is 10.2. The molecule has 4 heteroatoms. The molecule has 2 heterocycles. The predicted octanol–water partition coefficient (Wildman–Crippen LogP) is 2.26. The number of aliphatic hydroxyl groups is 1. The van der Waals surface area contributed by atoms with E-state index in [1.54, 1.807) is 11.3 Å². The Kier molecular flexibility index (Phi) is 5.04. The lowest BCUT2D eigenvalue weighted by molar-refractivity contribution is 0.104. The molecule has 1 unspecified atom stereocenters. The van der Waals surface area contributed by atoms with Crippen molar-refractivity contribution in [1.82, 2.24) is 10.2 Å². The fourth-order valence-electron chi connectivity index (χ4n) is 2.85. The standard InChI is InChI=1S/C17H22N2OS/c20-17(10-18-9-14-6-8-21-13-14)12-19-7-5-15-3-1-2-4-16(15)11-19/h1-4,6,8,13,17-18,20H,5,7,9-12H2. The summed E-state index contributed by atoms with van der Waals surface area (Å²) in [6.07, 6.45) is 0.777. The van der Waals surface area contributed by atoms with Gasteiger partial charge in [-0.3, -0.25) is 4.90 Å². The molecule has 1 aromatic carbocycles. The van der Waals surface area contributed by atoms with Gasteiger partial charge < -0.3 is 10.4 Å². The average molecular weight is 302 g/mol. The minimum atomic E-state index is -0.311. The lowest BCUT2D eigenvalue weighted by Gasteiger charge is -2.30. The zero-order valence-electron chi connectivity index (χ0n) is 12.2. The van der Waals surface area contributed by atoms with Gasteiger partial charge in [0.05, 0.1) is 6.10 Å². The number of hydrogen-bond donors (Lipinski definition) is 2. The van der Waals surface area contributed by atoms with Gasteiger partial charge in [-0.25, -0.2) is 0 Å². The van der Waals surface area contributed by atoms with Gasteiger partial charge >= 0.3 is 0 Å². The maximum Gasteiger partial charge on any atom is 0.0791 e. The highest BCUT2D eigenvalue weighted by Gasteiger charge is 2.18. The Balaban J connectivity index is 1.42. The molecule has 3 nitrogen and oxygen atoms in total. The fourth-order valence-corrected chi connectivity index (χ4v) is 3.52. The van der Waals surface area contributed by atoms with Crippen LogP contribution in [0.5, 0.6) is 0 Å². The van der Waals surface area contributed by atoms with E-state index in [-0.39, 0.29) is 6.10 Å². The summed E-state index contributed by atoms with van der Waals surface area (Å²) in [6.45, 7) is 4.22. The third-order valence-electron chi connectivity index (χ3n) is 3.97. The summed E-state index contributed by atoms with van der Waals surface area (Å²) < 4.78 is 0. The second-order valence-electron chi connectivity index (χ2n) is 5.67. The van der Waals surface area contributed by atoms with Gasteiger partial charge in [0.25, 0.3) is 0 Å². The number of nitrogens with one attached hydrogen (secondary N) is 1. The second-order valence-corrected chi connectivity index (χ2v) is 6.45. The van der Waals surface area contributed by atoms with Crippen LogP contribution in [0.4, 0.5) is 0 Å². The molecule has 1 atom stereocenters. The van der Waals surface area contributed by atoms with Crippen molar-refractivity contribution in [3.8, 4) is 0 Å². The molecule has 1 aliphatic rings. The van der Waals surface area contributed by atoms with Gasteiger partial charge in [0.2, 0.25) is 0 Å². The van der Waals surface area contributed by atoms with Gasteiger partial charge in [0.1, 0.15) is 0 Å². The molecule has 0 amide bonds. The van der Waals surface area contributed by atoms with Crippen LogP contribution >= 0.6 is 11.3 Å². The highest BCUT2D eigenvalue weighted by atomic mass is 32.1. The Morgan fingerprint density at radius 1 is 1.24 bits per heavy atom. The van der Waals surface area contributed by atoms with Crippen molar-refractivity contribution in [3.05, 3.63) is 57.8 Å². The van der Waals surface area contributed by atoms with Crippen molar-refractivity contribution >= 4 is 11.3 Å². The fraction of sp³-hybridized carbons (Fsp3) is 0.412. The third kappa shape index (κ3) is 4.14. The summed E-state index contributed by atoms with van der Waals surface area (Å²) in [6, 6.07) is 10.7. The maximum atomic E-state index is 10.2. The lowest BCUT2D eigenvalue weighted by atomic mass is 10.00. The molecule has 0 fully saturated rings. The van der Waals surface area contributed by atoms with Crippen molar-refractivity contribution in [1.29, 1.82) is 0 Å². The van der Waals surface area contributed by atoms with Crippen molar-refractivity contribution in [2.45, 2.75) is 25.6 Å². The quantitative estimate of drug-likeness (QED) is 0.859. The number of hydrogen-bond acceptors (Lipinski definition) is 4. The summed E-state index contributed by atoms with van der Waals surface area (Å²) in [7, 11) is 0. The summed E-state index contributed by atoms with van der Waals surface area (Å²) in [5.41, 5.74) is 4.15. The minimum absolute atomic E-state index is 0.311. The van der Waals surface area contributed by atoms with Crippen molar-refractivity contribution in [2.75, 3.05) is 19.6 Å². The van der Waals surface area contributed by atoms with E-state index in [0.717, 1.165) is 32.6 Å². The van der Waals surface area contributed by atoms with Crippen LogP contribution in [0.2, 0.25) is 0 Å². The molecule has 2 aromatic rings. The predicted molar refractivity (Wildman–Crippen MR) is 87.5 cm³/mol. The second kappa shape index (κ2) is 7.18. The SMILES string of the molecule is OC(CNCc1ccsc1)CN1CCc2ccccc2C1. The molecule has 112 valence electrons. The molecule has 0 bridgehead atoms. The number of nitrogens with zero attached hydrogens (tertiary/aromatic N) is 1. The topological polar surface area (TPSA) is 35.5 Å². The van der Waals surface area contributed by atoms with Crippen LogP contribution in [0.1, 0.15) is 16.7 Å². The number of fused-ring (bicyclic) bond motifs is 1. The number of β-amino-alcohol motifs (C(OH)–C–C–N with tert-alkyl or cyclic N) is 1. The molecule has 0 saturated carbocycles. The Labute approximate surface area is 130 Å². The van der Waals surface area contributed by atoms with Gasteiger partial charge in [-0.05, 0) is 39.9 Å². The summed E-state index contributed by atoms with van der Waals surface area (Å²) >= 11 is 1.71. The molecule has 0 spiro atoms. The molecule has 3 rings (SSSR count). The first-order valence-corrected chi connectivity index (χ1v) is 8.44. The molecule has 0 radical (unpaired) electrons. The minimum Gasteiger partial charge on any atom is -0.390 e. The van der Waals surface area contributed by atoms with E-state index in [0.29, 0.717) is 6.54 Å². The number of aliphatic hydroxyl groups excluding tert-OH is 1. The molecule has 0 aliphatic carbocycles. The Morgan fingerprint density at radius 2 is 2.10 bits per heavy atom. The Morgan fingerprint density at radius 3 is 2.90 bits per heavy atom. The van der Waals surface area contributed by atoms with Gasteiger partial charge in [-0.2, -0.15) is 11.3 Å². The number of rotatable bonds is 6. The average Bonchev–Trinajstić information content (AvgIpc) is 3.00. The van der Waals surface area contributed by atoms with E-state index in [2.05, 4.69) is 51.3 Å². The van der Waals surface area contributed by atoms with Crippen LogP contribution in [-0.4, -0.2) is 35.7 Å². The summed E-state index contributed by atoms with van der Waals surface area (Å²) in [5.74, 6) is 0. The van der Waals surface area contributed by atoms with Crippen LogP contribution < -0.4 is 5.32 Å². The van der Waals surface area contributed by atoms with Crippen LogP contribution in [0, 0.1) is 0 Å². The van der Waals surface area contributed by atoms with Crippen molar-refractivity contribution in [3.63, 3.8) is 0 Å². The van der Waals surface area contributed by atoms with Crippen LogP contribution in [0.15, 0.2) is 41.1 Å². The molecule has 1 aliphatic heterocycles. The molecule has 21 heavy (non-hydrogen) atoms. The zero-order chi connectivity index (χ0) is 14.5. The summed E-state index contributed by atoms with van der Waals surface area (Å²) in [5, 5.41) is 17.7. The lowest BCUT2D eigenvalue weighted by Crippen LogP contribution is -2.40. The third-order valence-corrected chi connectivity index (χ3v) is 4.70. The smallest absolute Gasteiger partial charge is 0.0791 e. The molecular formula is C17H22N2OS. The van der Waals surface area contributed by atoms with E-state index in [1.165, 1.54) is 16.7 Å².